The molecule has 1 fully saturated rings. The van der Waals surface area contributed by atoms with E-state index in [-0.39, 0.29) is 11.2 Å². The fourth-order valence-corrected chi connectivity index (χ4v) is 4.32. The molecule has 0 spiro atoms. The number of hydrogen-bond acceptors (Lipinski definition) is 5. The molecule has 1 heterocycles. The van der Waals surface area contributed by atoms with Crippen LogP contribution in [-0.2, 0) is 11.3 Å². The summed E-state index contributed by atoms with van der Waals surface area (Å²) in [5.74, 6) is 0.904. The van der Waals surface area contributed by atoms with E-state index in [1.54, 1.807) is 18.2 Å². The van der Waals surface area contributed by atoms with Gasteiger partial charge in [0, 0.05) is 4.47 Å². The van der Waals surface area contributed by atoms with Crippen molar-refractivity contribution in [1.82, 2.24) is 4.90 Å². The number of carbonyl (C=O) groups is 1. The molecule has 2 aromatic carbocycles. The maximum absolute atomic E-state index is 13.0. The van der Waals surface area contributed by atoms with Gasteiger partial charge in [0.2, 0.25) is 5.91 Å². The van der Waals surface area contributed by atoms with Gasteiger partial charge in [-0.2, -0.15) is 5.10 Å². The predicted octanol–water partition coefficient (Wildman–Crippen LogP) is 5.48. The van der Waals surface area contributed by atoms with Crippen molar-refractivity contribution in [3.8, 4) is 5.75 Å². The Hall–Kier alpha value is -2.12. The first-order valence-electron chi connectivity index (χ1n) is 9.58. The molecule has 1 amide bonds. The second-order valence-corrected chi connectivity index (χ2v) is 8.79. The van der Waals surface area contributed by atoms with Gasteiger partial charge >= 0.3 is 0 Å². The Kier molecular flexibility index (Phi) is 7.89. The standard InChI is InChI=1S/C22H24BrN3O2S/c1-3-4-5-20-21(27)26(15-17-8-12-19(28-2)13-9-17)22(29-20)25-24-14-16-6-10-18(23)11-7-16/h6-14,20H,3-5,15H2,1-2H3. The highest BCUT2D eigenvalue weighted by atomic mass is 79.9. The Morgan fingerprint density at radius 1 is 1.17 bits per heavy atom. The van der Waals surface area contributed by atoms with E-state index in [2.05, 4.69) is 33.1 Å². The van der Waals surface area contributed by atoms with Gasteiger partial charge in [0.15, 0.2) is 5.17 Å². The lowest BCUT2D eigenvalue weighted by atomic mass is 10.1. The van der Waals surface area contributed by atoms with Crippen molar-refractivity contribution in [3.63, 3.8) is 0 Å². The van der Waals surface area contributed by atoms with Crippen LogP contribution in [0.5, 0.6) is 5.75 Å². The second kappa shape index (κ2) is 10.6. The number of halogens is 1. The van der Waals surface area contributed by atoms with Gasteiger partial charge in [-0.3, -0.25) is 9.69 Å². The lowest BCUT2D eigenvalue weighted by molar-refractivity contribution is -0.126. The van der Waals surface area contributed by atoms with Crippen LogP contribution in [-0.4, -0.2) is 34.5 Å². The quantitative estimate of drug-likeness (QED) is 0.376. The normalized spacial score (nSPS) is 18.2. The average molecular weight is 474 g/mol. The summed E-state index contributed by atoms with van der Waals surface area (Å²) in [6, 6.07) is 15.6. The summed E-state index contributed by atoms with van der Waals surface area (Å²) in [5.41, 5.74) is 1.98. The predicted molar refractivity (Wildman–Crippen MR) is 124 cm³/mol. The molecule has 1 aliphatic rings. The molecular formula is C22H24BrN3O2S. The number of rotatable bonds is 8. The number of nitrogens with zero attached hydrogens (tertiary/aromatic N) is 3. The first-order chi connectivity index (χ1) is 14.1. The summed E-state index contributed by atoms with van der Waals surface area (Å²) in [7, 11) is 1.64. The topological polar surface area (TPSA) is 54.3 Å². The molecule has 1 atom stereocenters. The molecular weight excluding hydrogens is 450 g/mol. The number of methoxy groups -OCH3 is 1. The fourth-order valence-electron chi connectivity index (χ4n) is 2.91. The van der Waals surface area contributed by atoms with Crippen LogP contribution in [0.15, 0.2) is 63.2 Å². The van der Waals surface area contributed by atoms with Gasteiger partial charge in [0.05, 0.1) is 25.1 Å². The monoisotopic (exact) mass is 473 g/mol. The molecule has 0 bridgehead atoms. The SMILES string of the molecule is CCCCC1SC(=NN=Cc2ccc(Br)cc2)N(Cc2ccc(OC)cc2)C1=O. The van der Waals surface area contributed by atoms with Gasteiger partial charge in [-0.15, -0.1) is 5.10 Å². The third kappa shape index (κ3) is 5.93. The van der Waals surface area contributed by atoms with Crippen molar-refractivity contribution >= 4 is 45.0 Å². The van der Waals surface area contributed by atoms with E-state index >= 15 is 0 Å². The Morgan fingerprint density at radius 2 is 1.90 bits per heavy atom. The molecule has 1 saturated heterocycles. The van der Waals surface area contributed by atoms with E-state index in [1.165, 1.54) is 11.8 Å². The Labute approximate surface area is 184 Å². The molecule has 3 rings (SSSR count). The summed E-state index contributed by atoms with van der Waals surface area (Å²) in [6.07, 6.45) is 4.65. The Morgan fingerprint density at radius 3 is 2.55 bits per heavy atom. The highest BCUT2D eigenvalue weighted by Crippen LogP contribution is 2.32. The number of ether oxygens (including phenoxy) is 1. The van der Waals surface area contributed by atoms with Gasteiger partial charge in [-0.25, -0.2) is 0 Å². The van der Waals surface area contributed by atoms with Crippen LogP contribution in [0.2, 0.25) is 0 Å². The molecule has 152 valence electrons. The fraction of sp³-hybridized carbons (Fsp3) is 0.318. The first-order valence-corrected chi connectivity index (χ1v) is 11.3. The highest BCUT2D eigenvalue weighted by molar-refractivity contribution is 9.10. The molecule has 0 aromatic heterocycles. The summed E-state index contributed by atoms with van der Waals surface area (Å²) < 4.78 is 6.23. The summed E-state index contributed by atoms with van der Waals surface area (Å²) in [6.45, 7) is 2.61. The average Bonchev–Trinajstić information content (AvgIpc) is 3.03. The van der Waals surface area contributed by atoms with Crippen LogP contribution >= 0.6 is 27.7 Å². The molecule has 1 aliphatic heterocycles. The van der Waals surface area contributed by atoms with Gasteiger partial charge in [-0.05, 0) is 41.8 Å². The largest absolute Gasteiger partial charge is 0.497 e. The molecule has 0 saturated carbocycles. The van der Waals surface area contributed by atoms with Crippen molar-refractivity contribution in [2.75, 3.05) is 7.11 Å². The first kappa shape index (κ1) is 21.6. The number of amides is 1. The number of hydrogen-bond donors (Lipinski definition) is 0. The smallest absolute Gasteiger partial charge is 0.242 e. The number of thioether (sulfide) groups is 1. The van der Waals surface area contributed by atoms with E-state index in [0.717, 1.165) is 40.6 Å². The van der Waals surface area contributed by atoms with Crippen molar-refractivity contribution in [2.24, 2.45) is 10.2 Å². The van der Waals surface area contributed by atoms with Gasteiger partial charge in [0.25, 0.3) is 0 Å². The van der Waals surface area contributed by atoms with Crippen LogP contribution in [0.1, 0.15) is 37.3 Å². The van der Waals surface area contributed by atoms with Crippen LogP contribution in [0.4, 0.5) is 0 Å². The van der Waals surface area contributed by atoms with Crippen molar-refractivity contribution in [3.05, 3.63) is 64.1 Å². The highest BCUT2D eigenvalue weighted by Gasteiger charge is 2.37. The minimum absolute atomic E-state index is 0.0881. The van der Waals surface area contributed by atoms with Gasteiger partial charge in [0.1, 0.15) is 5.75 Å². The maximum Gasteiger partial charge on any atom is 0.242 e. The third-order valence-corrected chi connectivity index (χ3v) is 6.32. The molecule has 2 aromatic rings. The van der Waals surface area contributed by atoms with Crippen LogP contribution in [0.3, 0.4) is 0 Å². The zero-order valence-corrected chi connectivity index (χ0v) is 18.9. The molecule has 29 heavy (non-hydrogen) atoms. The molecule has 0 radical (unpaired) electrons. The molecule has 5 nitrogen and oxygen atoms in total. The second-order valence-electron chi connectivity index (χ2n) is 6.70. The van der Waals surface area contributed by atoms with Crippen molar-refractivity contribution in [1.29, 1.82) is 0 Å². The maximum atomic E-state index is 13.0. The minimum Gasteiger partial charge on any atom is -0.497 e. The van der Waals surface area contributed by atoms with Gasteiger partial charge in [-0.1, -0.05) is 71.7 Å². The molecule has 1 unspecified atom stereocenters. The Balaban J connectivity index is 1.78. The lowest BCUT2D eigenvalue weighted by Crippen LogP contribution is -2.31. The van der Waals surface area contributed by atoms with E-state index in [1.807, 2.05) is 48.5 Å². The van der Waals surface area contributed by atoms with E-state index < -0.39 is 0 Å². The molecule has 0 N–H and O–H groups in total. The minimum atomic E-state index is -0.0881. The van der Waals surface area contributed by atoms with Crippen LogP contribution < -0.4 is 4.74 Å². The van der Waals surface area contributed by atoms with Crippen molar-refractivity contribution in [2.45, 2.75) is 38.0 Å². The van der Waals surface area contributed by atoms with Crippen molar-refractivity contribution < 1.29 is 9.53 Å². The van der Waals surface area contributed by atoms with E-state index in [9.17, 15) is 4.79 Å². The number of unbranched alkanes of at least 4 members (excludes halogenated alkanes) is 1. The number of amidine groups is 1. The summed E-state index contributed by atoms with van der Waals surface area (Å²) >= 11 is 4.93. The van der Waals surface area contributed by atoms with Crippen LogP contribution in [0.25, 0.3) is 0 Å². The van der Waals surface area contributed by atoms with E-state index in [4.69, 9.17) is 4.74 Å². The zero-order valence-electron chi connectivity index (χ0n) is 16.5. The van der Waals surface area contributed by atoms with Crippen LogP contribution in [0, 0.1) is 0 Å². The number of benzene rings is 2. The molecule has 7 heteroatoms. The molecule has 0 aliphatic carbocycles. The summed E-state index contributed by atoms with van der Waals surface area (Å²) in [5, 5.41) is 9.18. The Bertz CT molecular complexity index is 882. The lowest BCUT2D eigenvalue weighted by Gasteiger charge is -2.16. The van der Waals surface area contributed by atoms with Gasteiger partial charge < -0.3 is 4.74 Å². The number of carbonyl (C=O) groups excluding carboxylic acids is 1. The third-order valence-electron chi connectivity index (χ3n) is 4.56. The zero-order chi connectivity index (χ0) is 20.6. The van der Waals surface area contributed by atoms with E-state index in [0.29, 0.717) is 11.7 Å². The summed E-state index contributed by atoms with van der Waals surface area (Å²) in [4.78, 5) is 14.7.